The van der Waals surface area contributed by atoms with Crippen molar-refractivity contribution in [2.75, 3.05) is 12.4 Å². The molecule has 0 atom stereocenters. The van der Waals surface area contributed by atoms with E-state index in [2.05, 4.69) is 25.4 Å². The number of nitrogens with one attached hydrogen (secondary N) is 1. The van der Waals surface area contributed by atoms with Crippen molar-refractivity contribution in [3.05, 3.63) is 24.5 Å². The van der Waals surface area contributed by atoms with Crippen LogP contribution in [0.1, 0.15) is 5.56 Å². The van der Waals surface area contributed by atoms with Crippen LogP contribution >= 0.6 is 0 Å². The molecule has 0 amide bonds. The molecule has 6 heteroatoms. The van der Waals surface area contributed by atoms with E-state index >= 15 is 0 Å². The van der Waals surface area contributed by atoms with Gasteiger partial charge in [-0.3, -0.25) is 0 Å². The zero-order valence-corrected chi connectivity index (χ0v) is 7.97. The van der Waals surface area contributed by atoms with Crippen LogP contribution in [-0.4, -0.2) is 31.8 Å². The van der Waals surface area contributed by atoms with Crippen molar-refractivity contribution in [2.45, 2.75) is 6.92 Å². The van der Waals surface area contributed by atoms with Crippen molar-refractivity contribution in [1.29, 1.82) is 0 Å². The SMILES string of the molecule is CNc1ncnc(-n2cncn2)c1C. The van der Waals surface area contributed by atoms with E-state index in [9.17, 15) is 0 Å². The number of rotatable bonds is 2. The number of anilines is 1. The molecule has 0 saturated carbocycles. The minimum atomic E-state index is 0.738. The molecular weight excluding hydrogens is 180 g/mol. The molecule has 0 spiro atoms. The Morgan fingerprint density at radius 2 is 2.14 bits per heavy atom. The predicted molar refractivity (Wildman–Crippen MR) is 51.2 cm³/mol. The molecule has 0 unspecified atom stereocenters. The molecule has 72 valence electrons. The van der Waals surface area contributed by atoms with Crippen LogP contribution in [0.5, 0.6) is 0 Å². The third kappa shape index (κ3) is 1.30. The number of aromatic nitrogens is 5. The Bertz CT molecular complexity index is 421. The Morgan fingerprint density at radius 3 is 2.79 bits per heavy atom. The number of nitrogens with zero attached hydrogens (tertiary/aromatic N) is 5. The fourth-order valence-electron chi connectivity index (χ4n) is 1.24. The van der Waals surface area contributed by atoms with Crippen molar-refractivity contribution in [3.63, 3.8) is 0 Å². The molecule has 2 rings (SSSR count). The molecule has 6 nitrogen and oxygen atoms in total. The summed E-state index contributed by atoms with van der Waals surface area (Å²) in [6.45, 7) is 1.93. The highest BCUT2D eigenvalue weighted by molar-refractivity contribution is 5.49. The molecule has 0 aliphatic carbocycles. The molecule has 0 radical (unpaired) electrons. The Kier molecular flexibility index (Phi) is 2.10. The molecular formula is C8H10N6. The van der Waals surface area contributed by atoms with Gasteiger partial charge in [-0.05, 0) is 6.92 Å². The minimum Gasteiger partial charge on any atom is -0.373 e. The third-order valence-corrected chi connectivity index (χ3v) is 1.93. The average molecular weight is 190 g/mol. The van der Waals surface area contributed by atoms with Gasteiger partial charge in [0.2, 0.25) is 0 Å². The second-order valence-electron chi connectivity index (χ2n) is 2.76. The van der Waals surface area contributed by atoms with E-state index in [1.54, 1.807) is 11.0 Å². The van der Waals surface area contributed by atoms with Crippen LogP contribution in [0.15, 0.2) is 19.0 Å². The fraction of sp³-hybridized carbons (Fsp3) is 0.250. The maximum atomic E-state index is 4.14. The molecule has 0 bridgehead atoms. The van der Waals surface area contributed by atoms with Gasteiger partial charge in [-0.25, -0.2) is 19.6 Å². The highest BCUT2D eigenvalue weighted by Crippen LogP contribution is 2.15. The summed E-state index contributed by atoms with van der Waals surface area (Å²) in [6, 6.07) is 0. The molecule has 0 aromatic carbocycles. The molecule has 0 saturated heterocycles. The Morgan fingerprint density at radius 1 is 1.29 bits per heavy atom. The Hall–Kier alpha value is -1.98. The van der Waals surface area contributed by atoms with E-state index in [-0.39, 0.29) is 0 Å². The van der Waals surface area contributed by atoms with Gasteiger partial charge in [0, 0.05) is 12.6 Å². The lowest BCUT2D eigenvalue weighted by molar-refractivity contribution is 0.828. The number of hydrogen-bond acceptors (Lipinski definition) is 5. The van der Waals surface area contributed by atoms with Crippen LogP contribution in [0.2, 0.25) is 0 Å². The number of hydrogen-bond donors (Lipinski definition) is 1. The molecule has 1 N–H and O–H groups in total. The van der Waals surface area contributed by atoms with Crippen molar-refractivity contribution < 1.29 is 0 Å². The van der Waals surface area contributed by atoms with E-state index in [1.165, 1.54) is 12.7 Å². The lowest BCUT2D eigenvalue weighted by atomic mass is 10.3. The second kappa shape index (κ2) is 3.41. The largest absolute Gasteiger partial charge is 0.373 e. The van der Waals surface area contributed by atoms with Crippen LogP contribution in [0, 0.1) is 6.92 Å². The van der Waals surface area contributed by atoms with Gasteiger partial charge in [-0.2, -0.15) is 5.10 Å². The summed E-state index contributed by atoms with van der Waals surface area (Å²) in [6.07, 6.45) is 4.57. The van der Waals surface area contributed by atoms with Gasteiger partial charge in [-0.15, -0.1) is 0 Å². The van der Waals surface area contributed by atoms with Gasteiger partial charge in [0.15, 0.2) is 5.82 Å². The fourth-order valence-corrected chi connectivity index (χ4v) is 1.24. The normalized spacial score (nSPS) is 10.1. The summed E-state index contributed by atoms with van der Waals surface area (Å²) in [5.74, 6) is 1.53. The molecule has 2 aromatic rings. The Labute approximate surface area is 81.0 Å². The first-order valence-corrected chi connectivity index (χ1v) is 4.17. The quantitative estimate of drug-likeness (QED) is 0.742. The average Bonchev–Trinajstić information content (AvgIpc) is 2.71. The van der Waals surface area contributed by atoms with Crippen LogP contribution in [0.25, 0.3) is 5.82 Å². The molecule has 2 heterocycles. The highest BCUT2D eigenvalue weighted by Gasteiger charge is 2.07. The smallest absolute Gasteiger partial charge is 0.163 e. The van der Waals surface area contributed by atoms with Gasteiger partial charge in [0.1, 0.15) is 24.8 Å². The van der Waals surface area contributed by atoms with Crippen molar-refractivity contribution in [3.8, 4) is 5.82 Å². The van der Waals surface area contributed by atoms with Crippen molar-refractivity contribution in [1.82, 2.24) is 24.7 Å². The van der Waals surface area contributed by atoms with Gasteiger partial charge >= 0.3 is 0 Å². The third-order valence-electron chi connectivity index (χ3n) is 1.93. The highest BCUT2D eigenvalue weighted by atomic mass is 15.3. The lowest BCUT2D eigenvalue weighted by Crippen LogP contribution is -2.05. The summed E-state index contributed by atoms with van der Waals surface area (Å²) in [4.78, 5) is 12.1. The first-order chi connectivity index (χ1) is 6.83. The predicted octanol–water partition coefficient (Wildman–Crippen LogP) is 0.407. The Balaban J connectivity index is 2.54. The van der Waals surface area contributed by atoms with Crippen LogP contribution in [-0.2, 0) is 0 Å². The molecule has 0 fully saturated rings. The molecule has 14 heavy (non-hydrogen) atoms. The van der Waals surface area contributed by atoms with E-state index in [4.69, 9.17) is 0 Å². The summed E-state index contributed by atoms with van der Waals surface area (Å²) in [5.41, 5.74) is 0.945. The molecule has 2 aromatic heterocycles. The lowest BCUT2D eigenvalue weighted by Gasteiger charge is -2.07. The summed E-state index contributed by atoms with van der Waals surface area (Å²) < 4.78 is 1.61. The second-order valence-corrected chi connectivity index (χ2v) is 2.76. The standard InChI is InChI=1S/C8H10N6/c1-6-7(9-2)11-4-12-8(6)14-5-10-3-13-14/h3-5H,1-2H3,(H,9,11,12). The maximum Gasteiger partial charge on any atom is 0.163 e. The summed E-state index contributed by atoms with van der Waals surface area (Å²) >= 11 is 0. The van der Waals surface area contributed by atoms with Crippen LogP contribution in [0.3, 0.4) is 0 Å². The summed E-state index contributed by atoms with van der Waals surface area (Å²) in [5, 5.41) is 7.00. The zero-order valence-electron chi connectivity index (χ0n) is 7.97. The first-order valence-electron chi connectivity index (χ1n) is 4.17. The topological polar surface area (TPSA) is 68.5 Å². The van der Waals surface area contributed by atoms with E-state index in [0.717, 1.165) is 17.2 Å². The van der Waals surface area contributed by atoms with Crippen LogP contribution < -0.4 is 5.32 Å². The maximum absolute atomic E-state index is 4.14. The monoisotopic (exact) mass is 190 g/mol. The van der Waals surface area contributed by atoms with E-state index < -0.39 is 0 Å². The van der Waals surface area contributed by atoms with Crippen LogP contribution in [0.4, 0.5) is 5.82 Å². The van der Waals surface area contributed by atoms with Crippen molar-refractivity contribution >= 4 is 5.82 Å². The van der Waals surface area contributed by atoms with E-state index in [1.807, 2.05) is 14.0 Å². The van der Waals surface area contributed by atoms with Gasteiger partial charge in [0.05, 0.1) is 0 Å². The van der Waals surface area contributed by atoms with Gasteiger partial charge in [-0.1, -0.05) is 0 Å². The van der Waals surface area contributed by atoms with Crippen molar-refractivity contribution in [2.24, 2.45) is 0 Å². The first kappa shape index (κ1) is 8.61. The molecule has 0 aliphatic heterocycles. The zero-order chi connectivity index (χ0) is 9.97. The van der Waals surface area contributed by atoms with Gasteiger partial charge in [0.25, 0.3) is 0 Å². The van der Waals surface area contributed by atoms with Gasteiger partial charge < -0.3 is 5.32 Å². The summed E-state index contributed by atoms with van der Waals surface area (Å²) in [7, 11) is 1.82. The minimum absolute atomic E-state index is 0.738. The molecule has 0 aliphatic rings. The van der Waals surface area contributed by atoms with E-state index in [0.29, 0.717) is 0 Å².